The highest BCUT2D eigenvalue weighted by Crippen LogP contribution is 2.24. The summed E-state index contributed by atoms with van der Waals surface area (Å²) in [5.74, 6) is 0.978. The Morgan fingerprint density at radius 1 is 1.47 bits per heavy atom. The molecular weight excluding hydrogens is 210 g/mol. The van der Waals surface area contributed by atoms with E-state index in [1.807, 2.05) is 6.07 Å². The second-order valence-corrected chi connectivity index (χ2v) is 4.48. The van der Waals surface area contributed by atoms with Gasteiger partial charge in [-0.1, -0.05) is 0 Å². The maximum Gasteiger partial charge on any atom is 0.134 e. The van der Waals surface area contributed by atoms with Crippen molar-refractivity contribution in [2.45, 2.75) is 25.9 Å². The number of hydrogen-bond donors (Lipinski definition) is 1. The van der Waals surface area contributed by atoms with Crippen LogP contribution in [-0.2, 0) is 11.3 Å². The van der Waals surface area contributed by atoms with Gasteiger partial charge in [-0.15, -0.1) is 11.3 Å². The average Bonchev–Trinajstić information content (AvgIpc) is 2.70. The van der Waals surface area contributed by atoms with Gasteiger partial charge in [-0.2, -0.15) is 0 Å². The van der Waals surface area contributed by atoms with Gasteiger partial charge < -0.3 is 14.8 Å². The van der Waals surface area contributed by atoms with Crippen LogP contribution in [0.4, 0.5) is 0 Å². The monoisotopic (exact) mass is 229 g/mol. The van der Waals surface area contributed by atoms with Crippen molar-refractivity contribution >= 4 is 11.3 Å². The molecule has 0 aliphatic heterocycles. The standard InChI is InChI=1S/C11H19NO2S/c1-9(4-6-13-2)12-8-11-10(14-3)5-7-15-11/h5,7,9,12H,4,6,8H2,1-3H3. The molecule has 1 unspecified atom stereocenters. The topological polar surface area (TPSA) is 30.5 Å². The highest BCUT2D eigenvalue weighted by molar-refractivity contribution is 7.10. The van der Waals surface area contributed by atoms with E-state index in [4.69, 9.17) is 9.47 Å². The smallest absolute Gasteiger partial charge is 0.134 e. The molecule has 1 aromatic heterocycles. The molecule has 0 aliphatic rings. The van der Waals surface area contributed by atoms with Gasteiger partial charge in [0, 0.05) is 26.3 Å². The minimum atomic E-state index is 0.469. The minimum absolute atomic E-state index is 0.469. The van der Waals surface area contributed by atoms with Gasteiger partial charge in [0.15, 0.2) is 0 Å². The maximum absolute atomic E-state index is 5.24. The fraction of sp³-hybridized carbons (Fsp3) is 0.636. The second kappa shape index (κ2) is 6.82. The van der Waals surface area contributed by atoms with Crippen LogP contribution in [0.25, 0.3) is 0 Å². The average molecular weight is 229 g/mol. The Labute approximate surface area is 95.4 Å². The van der Waals surface area contributed by atoms with Gasteiger partial charge in [0.25, 0.3) is 0 Å². The Bertz CT molecular complexity index is 275. The summed E-state index contributed by atoms with van der Waals surface area (Å²) in [7, 11) is 3.44. The summed E-state index contributed by atoms with van der Waals surface area (Å²) in [6.07, 6.45) is 1.03. The third kappa shape index (κ3) is 4.20. The lowest BCUT2D eigenvalue weighted by Gasteiger charge is -2.12. The van der Waals surface area contributed by atoms with Crippen molar-refractivity contribution in [1.29, 1.82) is 0 Å². The van der Waals surface area contributed by atoms with Gasteiger partial charge in [0.05, 0.1) is 12.0 Å². The molecule has 0 fully saturated rings. The van der Waals surface area contributed by atoms with E-state index in [1.54, 1.807) is 25.6 Å². The van der Waals surface area contributed by atoms with Crippen LogP contribution in [-0.4, -0.2) is 26.9 Å². The van der Waals surface area contributed by atoms with Crippen LogP contribution in [0.1, 0.15) is 18.2 Å². The highest BCUT2D eigenvalue weighted by atomic mass is 32.1. The number of methoxy groups -OCH3 is 2. The molecule has 86 valence electrons. The van der Waals surface area contributed by atoms with Crippen LogP contribution in [0.3, 0.4) is 0 Å². The normalized spacial score (nSPS) is 12.7. The molecule has 0 aliphatic carbocycles. The maximum atomic E-state index is 5.24. The summed E-state index contributed by atoms with van der Waals surface area (Å²) in [5, 5.41) is 5.50. The molecule has 1 atom stereocenters. The Hall–Kier alpha value is -0.580. The van der Waals surface area contributed by atoms with Gasteiger partial charge in [-0.05, 0) is 24.8 Å². The first-order valence-electron chi connectivity index (χ1n) is 5.10. The van der Waals surface area contributed by atoms with Crippen LogP contribution < -0.4 is 10.1 Å². The fourth-order valence-corrected chi connectivity index (χ4v) is 2.09. The molecule has 1 N–H and O–H groups in total. The van der Waals surface area contributed by atoms with Gasteiger partial charge >= 0.3 is 0 Å². The van der Waals surface area contributed by atoms with E-state index in [-0.39, 0.29) is 0 Å². The molecule has 1 rings (SSSR count). The first-order valence-corrected chi connectivity index (χ1v) is 5.98. The fourth-order valence-electron chi connectivity index (χ4n) is 1.30. The summed E-state index contributed by atoms with van der Waals surface area (Å²) in [5.41, 5.74) is 0. The van der Waals surface area contributed by atoms with Crippen LogP contribution in [0.5, 0.6) is 5.75 Å². The van der Waals surface area contributed by atoms with Crippen molar-refractivity contribution in [3.8, 4) is 5.75 Å². The van der Waals surface area contributed by atoms with E-state index < -0.39 is 0 Å². The molecule has 15 heavy (non-hydrogen) atoms. The molecule has 0 bridgehead atoms. The lowest BCUT2D eigenvalue weighted by atomic mass is 10.2. The molecule has 4 heteroatoms. The van der Waals surface area contributed by atoms with Crippen molar-refractivity contribution in [2.24, 2.45) is 0 Å². The Kier molecular flexibility index (Phi) is 5.68. The summed E-state index contributed by atoms with van der Waals surface area (Å²) in [4.78, 5) is 1.25. The van der Waals surface area contributed by atoms with Crippen molar-refractivity contribution in [1.82, 2.24) is 5.32 Å². The number of ether oxygens (including phenoxy) is 2. The minimum Gasteiger partial charge on any atom is -0.496 e. The third-order valence-corrected chi connectivity index (χ3v) is 3.19. The molecule has 1 heterocycles. The molecule has 0 amide bonds. The van der Waals surface area contributed by atoms with Crippen molar-refractivity contribution < 1.29 is 9.47 Å². The highest BCUT2D eigenvalue weighted by Gasteiger charge is 2.06. The van der Waals surface area contributed by atoms with Crippen LogP contribution in [0.2, 0.25) is 0 Å². The van der Waals surface area contributed by atoms with Crippen LogP contribution in [0.15, 0.2) is 11.4 Å². The van der Waals surface area contributed by atoms with Gasteiger partial charge in [0.2, 0.25) is 0 Å². The number of rotatable bonds is 7. The molecule has 0 saturated carbocycles. The Morgan fingerprint density at radius 3 is 2.93 bits per heavy atom. The van der Waals surface area contributed by atoms with E-state index in [0.29, 0.717) is 6.04 Å². The van der Waals surface area contributed by atoms with Crippen LogP contribution in [0, 0.1) is 0 Å². The van der Waals surface area contributed by atoms with E-state index in [2.05, 4.69) is 17.6 Å². The zero-order valence-electron chi connectivity index (χ0n) is 9.58. The predicted molar refractivity (Wildman–Crippen MR) is 63.7 cm³/mol. The zero-order valence-corrected chi connectivity index (χ0v) is 10.4. The summed E-state index contributed by atoms with van der Waals surface area (Å²) >= 11 is 1.72. The molecule has 0 spiro atoms. The number of hydrogen-bond acceptors (Lipinski definition) is 4. The van der Waals surface area contributed by atoms with Crippen molar-refractivity contribution in [3.63, 3.8) is 0 Å². The van der Waals surface area contributed by atoms with Crippen molar-refractivity contribution in [3.05, 3.63) is 16.3 Å². The molecule has 1 aromatic rings. The van der Waals surface area contributed by atoms with Crippen molar-refractivity contribution in [2.75, 3.05) is 20.8 Å². The molecule has 0 aromatic carbocycles. The molecular formula is C11H19NO2S. The Balaban J connectivity index is 2.30. The third-order valence-electron chi connectivity index (χ3n) is 2.29. The lowest BCUT2D eigenvalue weighted by Crippen LogP contribution is -2.26. The predicted octanol–water partition coefficient (Wildman–Crippen LogP) is 2.27. The lowest BCUT2D eigenvalue weighted by molar-refractivity contribution is 0.184. The largest absolute Gasteiger partial charge is 0.496 e. The second-order valence-electron chi connectivity index (χ2n) is 3.48. The number of nitrogens with one attached hydrogen (secondary N) is 1. The summed E-state index contributed by atoms with van der Waals surface area (Å²) in [6.45, 7) is 3.83. The van der Waals surface area contributed by atoms with Gasteiger partial charge in [-0.25, -0.2) is 0 Å². The van der Waals surface area contributed by atoms with E-state index in [9.17, 15) is 0 Å². The first-order chi connectivity index (χ1) is 7.27. The quantitative estimate of drug-likeness (QED) is 0.778. The van der Waals surface area contributed by atoms with E-state index in [0.717, 1.165) is 25.3 Å². The summed E-state index contributed by atoms with van der Waals surface area (Å²) in [6, 6.07) is 2.47. The molecule has 0 radical (unpaired) electrons. The first kappa shape index (κ1) is 12.5. The van der Waals surface area contributed by atoms with Gasteiger partial charge in [0.1, 0.15) is 5.75 Å². The van der Waals surface area contributed by atoms with E-state index >= 15 is 0 Å². The zero-order chi connectivity index (χ0) is 11.1. The molecule has 0 saturated heterocycles. The van der Waals surface area contributed by atoms with Gasteiger partial charge in [-0.3, -0.25) is 0 Å². The summed E-state index contributed by atoms with van der Waals surface area (Å²) < 4.78 is 10.3. The number of thiophene rings is 1. The SMILES string of the molecule is COCCC(C)NCc1sccc1OC. The van der Waals surface area contributed by atoms with Crippen LogP contribution >= 0.6 is 11.3 Å². The molecule has 3 nitrogen and oxygen atoms in total. The Morgan fingerprint density at radius 2 is 2.27 bits per heavy atom. The van der Waals surface area contributed by atoms with E-state index in [1.165, 1.54) is 4.88 Å².